The number of carboxylic acids is 1. The summed E-state index contributed by atoms with van der Waals surface area (Å²) in [6.45, 7) is 0.427. The molecule has 0 aliphatic carbocycles. The highest BCUT2D eigenvalue weighted by molar-refractivity contribution is 6.07. The maximum absolute atomic E-state index is 13.3. The molecule has 0 fully saturated rings. The third-order valence-electron chi connectivity index (χ3n) is 3.42. The van der Waals surface area contributed by atoms with Crippen LogP contribution in [0.1, 0.15) is 26.3 Å². The first-order valence-electron chi connectivity index (χ1n) is 6.36. The maximum Gasteiger partial charge on any atom is 0.337 e. The lowest BCUT2D eigenvalue weighted by Crippen LogP contribution is -2.38. The second kappa shape index (κ2) is 4.97. The molecule has 3 rings (SSSR count). The number of carbonyl (C=O) groups is 2. The highest BCUT2D eigenvalue weighted by Gasteiger charge is 2.26. The Morgan fingerprint density at radius 1 is 1.29 bits per heavy atom. The molecular formula is C15H11FN2O3. The molecular weight excluding hydrogens is 275 g/mol. The minimum absolute atomic E-state index is 0.0506. The average Bonchev–Trinajstić information content (AvgIpc) is 2.48. The lowest BCUT2D eigenvalue weighted by molar-refractivity contribution is 0.0696. The first kappa shape index (κ1) is 13.2. The fraction of sp³-hybridized carbons (Fsp3) is 0.133. The summed E-state index contributed by atoms with van der Waals surface area (Å²) in [7, 11) is 0. The van der Waals surface area contributed by atoms with E-state index in [4.69, 9.17) is 5.11 Å². The van der Waals surface area contributed by atoms with Crippen molar-refractivity contribution in [1.82, 2.24) is 4.98 Å². The van der Waals surface area contributed by atoms with E-state index in [0.717, 1.165) is 5.56 Å². The molecule has 0 saturated heterocycles. The van der Waals surface area contributed by atoms with E-state index in [2.05, 4.69) is 4.98 Å². The van der Waals surface area contributed by atoms with Gasteiger partial charge in [-0.2, -0.15) is 0 Å². The van der Waals surface area contributed by atoms with Gasteiger partial charge in [-0.25, -0.2) is 14.2 Å². The van der Waals surface area contributed by atoms with Gasteiger partial charge < -0.3 is 5.11 Å². The van der Waals surface area contributed by atoms with E-state index in [0.29, 0.717) is 24.3 Å². The molecule has 1 aliphatic heterocycles. The van der Waals surface area contributed by atoms with Gasteiger partial charge >= 0.3 is 5.97 Å². The topological polar surface area (TPSA) is 70.5 Å². The number of aromatic nitrogens is 1. The summed E-state index contributed by atoms with van der Waals surface area (Å²) in [5, 5.41) is 8.84. The van der Waals surface area contributed by atoms with E-state index in [1.807, 2.05) is 0 Å². The van der Waals surface area contributed by atoms with Crippen LogP contribution in [0.25, 0.3) is 0 Å². The van der Waals surface area contributed by atoms with Crippen molar-refractivity contribution in [2.75, 3.05) is 11.4 Å². The van der Waals surface area contributed by atoms with Crippen molar-refractivity contribution in [2.24, 2.45) is 0 Å². The van der Waals surface area contributed by atoms with Gasteiger partial charge in [0.1, 0.15) is 11.6 Å². The summed E-state index contributed by atoms with van der Waals surface area (Å²) < 4.78 is 13.3. The van der Waals surface area contributed by atoms with Gasteiger partial charge in [0.05, 0.1) is 5.56 Å². The lowest BCUT2D eigenvalue weighted by atomic mass is 9.99. The Kier molecular flexibility index (Phi) is 3.13. The van der Waals surface area contributed by atoms with Gasteiger partial charge in [0.15, 0.2) is 0 Å². The number of halogens is 1. The Morgan fingerprint density at radius 3 is 2.76 bits per heavy atom. The van der Waals surface area contributed by atoms with Crippen LogP contribution in [0.5, 0.6) is 0 Å². The van der Waals surface area contributed by atoms with Gasteiger partial charge in [0, 0.05) is 18.3 Å². The lowest BCUT2D eigenvalue weighted by Gasteiger charge is -2.27. The molecule has 5 nitrogen and oxygen atoms in total. The molecule has 1 aromatic heterocycles. The maximum atomic E-state index is 13.3. The largest absolute Gasteiger partial charge is 0.478 e. The van der Waals surface area contributed by atoms with E-state index in [1.54, 1.807) is 6.07 Å². The molecule has 2 aromatic rings. The highest BCUT2D eigenvalue weighted by atomic mass is 19.1. The minimum atomic E-state index is -1.08. The molecule has 0 atom stereocenters. The molecule has 6 heteroatoms. The standard InChI is InChI=1S/C15H11FN2O3/c16-11-3-1-9-5-6-18(14(19)12(9)7-11)13-4-2-10(8-17-13)15(20)21/h1-4,7-8H,5-6H2,(H,20,21). The van der Waals surface area contributed by atoms with Crippen LogP contribution in [-0.2, 0) is 6.42 Å². The third-order valence-corrected chi connectivity index (χ3v) is 3.42. The number of hydrogen-bond donors (Lipinski definition) is 1. The highest BCUT2D eigenvalue weighted by Crippen LogP contribution is 2.24. The summed E-state index contributed by atoms with van der Waals surface area (Å²) in [4.78, 5) is 28.6. The van der Waals surface area contributed by atoms with Crippen LogP contribution in [0.2, 0.25) is 0 Å². The number of carbonyl (C=O) groups excluding carboxylic acids is 1. The number of fused-ring (bicyclic) bond motifs is 1. The normalized spacial score (nSPS) is 14.0. The van der Waals surface area contributed by atoms with E-state index in [9.17, 15) is 14.0 Å². The number of carboxylic acid groups (broad SMARTS) is 1. The van der Waals surface area contributed by atoms with E-state index in [1.165, 1.54) is 35.4 Å². The van der Waals surface area contributed by atoms with Gasteiger partial charge in [0.2, 0.25) is 0 Å². The van der Waals surface area contributed by atoms with Crippen LogP contribution < -0.4 is 4.90 Å². The molecule has 1 aromatic carbocycles. The van der Waals surface area contributed by atoms with Crippen LogP contribution in [-0.4, -0.2) is 28.5 Å². The second-order valence-electron chi connectivity index (χ2n) is 4.72. The van der Waals surface area contributed by atoms with Crippen LogP contribution in [0, 0.1) is 5.82 Å². The summed E-state index contributed by atoms with van der Waals surface area (Å²) in [5.74, 6) is -1.50. The number of pyridine rings is 1. The van der Waals surface area contributed by atoms with Crippen molar-refractivity contribution >= 4 is 17.7 Å². The smallest absolute Gasteiger partial charge is 0.337 e. The molecule has 21 heavy (non-hydrogen) atoms. The van der Waals surface area contributed by atoms with Crippen LogP contribution >= 0.6 is 0 Å². The zero-order valence-electron chi connectivity index (χ0n) is 10.9. The number of rotatable bonds is 2. The number of amides is 1. The summed E-state index contributed by atoms with van der Waals surface area (Å²) in [6, 6.07) is 7.03. The number of aromatic carboxylic acids is 1. The molecule has 1 N–H and O–H groups in total. The second-order valence-corrected chi connectivity index (χ2v) is 4.72. The number of hydrogen-bond acceptors (Lipinski definition) is 3. The van der Waals surface area contributed by atoms with Crippen molar-refractivity contribution in [2.45, 2.75) is 6.42 Å². The van der Waals surface area contributed by atoms with E-state index < -0.39 is 11.8 Å². The first-order chi connectivity index (χ1) is 10.1. The SMILES string of the molecule is O=C(O)c1ccc(N2CCc3ccc(F)cc3C2=O)nc1. The average molecular weight is 286 g/mol. The monoisotopic (exact) mass is 286 g/mol. The van der Waals surface area contributed by atoms with Crippen molar-refractivity contribution in [3.8, 4) is 0 Å². The fourth-order valence-corrected chi connectivity index (χ4v) is 2.34. The molecule has 1 amide bonds. The number of anilines is 1. The van der Waals surface area contributed by atoms with Gasteiger partial charge in [-0.15, -0.1) is 0 Å². The fourth-order valence-electron chi connectivity index (χ4n) is 2.34. The quantitative estimate of drug-likeness (QED) is 0.918. The zero-order chi connectivity index (χ0) is 15.0. The molecule has 0 spiro atoms. The molecule has 0 saturated carbocycles. The minimum Gasteiger partial charge on any atom is -0.478 e. The van der Waals surface area contributed by atoms with Gasteiger partial charge in [-0.05, 0) is 36.2 Å². The Bertz CT molecular complexity index is 728. The molecule has 106 valence electrons. The summed E-state index contributed by atoms with van der Waals surface area (Å²) in [6.07, 6.45) is 1.80. The predicted octanol–water partition coefficient (Wildman–Crippen LogP) is 2.12. The van der Waals surface area contributed by atoms with Crippen molar-refractivity contribution in [3.63, 3.8) is 0 Å². The Labute approximate surface area is 119 Å². The predicted molar refractivity (Wildman–Crippen MR) is 73.0 cm³/mol. The number of benzene rings is 1. The van der Waals surface area contributed by atoms with Crippen molar-refractivity contribution in [3.05, 3.63) is 59.0 Å². The van der Waals surface area contributed by atoms with Crippen LogP contribution in [0.3, 0.4) is 0 Å². The van der Waals surface area contributed by atoms with Crippen LogP contribution in [0.15, 0.2) is 36.5 Å². The summed E-state index contributed by atoms with van der Waals surface area (Å²) in [5.41, 5.74) is 1.18. The zero-order valence-corrected chi connectivity index (χ0v) is 10.9. The Balaban J connectivity index is 1.94. The van der Waals surface area contributed by atoms with E-state index >= 15 is 0 Å². The third kappa shape index (κ3) is 2.35. The number of nitrogens with zero attached hydrogens (tertiary/aromatic N) is 2. The van der Waals surface area contributed by atoms with E-state index in [-0.39, 0.29) is 11.5 Å². The summed E-state index contributed by atoms with van der Waals surface area (Å²) >= 11 is 0. The molecule has 0 bridgehead atoms. The Hall–Kier alpha value is -2.76. The molecule has 0 unspecified atom stereocenters. The molecule has 0 radical (unpaired) electrons. The van der Waals surface area contributed by atoms with Crippen LogP contribution in [0.4, 0.5) is 10.2 Å². The van der Waals surface area contributed by atoms with Gasteiger partial charge in [0.25, 0.3) is 5.91 Å². The molecule has 2 heterocycles. The van der Waals surface area contributed by atoms with Gasteiger partial charge in [-0.3, -0.25) is 9.69 Å². The van der Waals surface area contributed by atoms with Crippen molar-refractivity contribution in [1.29, 1.82) is 0 Å². The molecule has 1 aliphatic rings. The first-order valence-corrected chi connectivity index (χ1v) is 6.36. The van der Waals surface area contributed by atoms with Crippen molar-refractivity contribution < 1.29 is 19.1 Å². The van der Waals surface area contributed by atoms with Gasteiger partial charge in [-0.1, -0.05) is 6.07 Å². The Morgan fingerprint density at radius 2 is 2.10 bits per heavy atom.